The maximum atomic E-state index is 15.7. The Hall–Kier alpha value is -7.51. The van der Waals surface area contributed by atoms with Crippen LogP contribution in [0.4, 0.5) is 13.2 Å². The molecule has 0 aliphatic carbocycles. The van der Waals surface area contributed by atoms with E-state index in [4.69, 9.17) is 0 Å². The average molecular weight is 785 g/mol. The number of hydrogen-bond acceptors (Lipinski definition) is 0. The van der Waals surface area contributed by atoms with Crippen LogP contribution in [0, 0.1) is 0 Å². The van der Waals surface area contributed by atoms with Crippen LogP contribution in [0.5, 0.6) is 0 Å². The normalized spacial score (nSPS) is 12.8. The number of aromatic nitrogens is 4. The Balaban J connectivity index is 1.10. The Morgan fingerprint density at radius 3 is 1.38 bits per heavy atom. The highest BCUT2D eigenvalue weighted by molar-refractivity contribution is 6.27. The molecule has 0 fully saturated rings. The van der Waals surface area contributed by atoms with Crippen molar-refractivity contribution in [2.24, 2.45) is 0 Å². The molecule has 0 radical (unpaired) electrons. The highest BCUT2D eigenvalue weighted by Crippen LogP contribution is 2.44. The first-order valence-electron chi connectivity index (χ1n) is 20.2. The van der Waals surface area contributed by atoms with E-state index >= 15 is 13.2 Å². The molecule has 7 heteroatoms. The molecule has 0 bridgehead atoms. The van der Waals surface area contributed by atoms with E-state index in [1.165, 1.54) is 6.20 Å². The van der Waals surface area contributed by atoms with Gasteiger partial charge in [0.05, 0.1) is 44.2 Å². The second kappa shape index (κ2) is 13.0. The number of fused-ring (bicyclic) bond motifs is 14. The molecule has 0 amide bonds. The van der Waals surface area contributed by atoms with Crippen LogP contribution in [0.15, 0.2) is 188 Å². The predicted molar refractivity (Wildman–Crippen MR) is 243 cm³/mol. The van der Waals surface area contributed by atoms with Crippen molar-refractivity contribution in [3.8, 4) is 11.4 Å². The fourth-order valence-electron chi connectivity index (χ4n) is 9.88. The fourth-order valence-corrected chi connectivity index (χ4v) is 9.88. The van der Waals surface area contributed by atoms with Crippen molar-refractivity contribution in [3.63, 3.8) is 0 Å². The first kappa shape index (κ1) is 34.5. The van der Waals surface area contributed by atoms with E-state index in [0.29, 0.717) is 0 Å². The van der Waals surface area contributed by atoms with E-state index in [9.17, 15) is 0 Å². The molecule has 0 spiro atoms. The highest BCUT2D eigenvalue weighted by atomic mass is 19.4. The van der Waals surface area contributed by atoms with E-state index in [0.717, 1.165) is 98.6 Å². The smallest absolute Gasteiger partial charge is 0.340 e. The molecule has 12 aromatic rings. The van der Waals surface area contributed by atoms with Crippen LogP contribution >= 0.6 is 0 Å². The van der Waals surface area contributed by atoms with Crippen molar-refractivity contribution < 1.29 is 13.2 Å². The maximum Gasteiger partial charge on any atom is 0.414 e. The first-order chi connectivity index (χ1) is 29.5. The number of para-hydroxylation sites is 6. The second-order valence-electron chi connectivity index (χ2n) is 15.5. The Labute approximate surface area is 341 Å². The number of benzene rings is 8. The van der Waals surface area contributed by atoms with Gasteiger partial charge in [0.2, 0.25) is 0 Å². The summed E-state index contributed by atoms with van der Waals surface area (Å²) in [5, 5.41) is 7.84. The van der Waals surface area contributed by atoms with Crippen LogP contribution in [0.2, 0.25) is 0 Å². The zero-order valence-electron chi connectivity index (χ0n) is 32.2. The minimum atomic E-state index is -4.60. The lowest BCUT2D eigenvalue weighted by atomic mass is 10.1. The lowest BCUT2D eigenvalue weighted by Crippen LogP contribution is -2.15. The van der Waals surface area contributed by atoms with Gasteiger partial charge < -0.3 is 18.3 Å². The monoisotopic (exact) mass is 784 g/mol. The van der Waals surface area contributed by atoms with E-state index < -0.39 is 11.7 Å². The molecule has 0 saturated carbocycles. The molecular weight excluding hydrogens is 750 g/mol. The van der Waals surface area contributed by atoms with Crippen LogP contribution in [0.25, 0.3) is 105 Å². The molecule has 0 saturated heterocycles. The summed E-state index contributed by atoms with van der Waals surface area (Å²) in [7, 11) is 0. The standard InChI is InChI=1S/C53H35F3N4/c54-53(55,56)34(33-58-44-24-12-8-20-38(44)40-28-30-48-50(52(40)58)42-22-10-14-26-46(42)60(48)36-17-5-2-6-18-36)31-32-57-43-23-11-7-19-37(43)39-27-29-47-49(51(39)57)41-21-9-13-25-45(41)59(47)35-15-3-1-4-16-35/h1-30,33H,31-32H2/b34-33-. The topological polar surface area (TPSA) is 19.7 Å². The summed E-state index contributed by atoms with van der Waals surface area (Å²) in [6, 6.07) is 61.2. The van der Waals surface area contributed by atoms with Crippen molar-refractivity contribution in [1.29, 1.82) is 0 Å². The minimum Gasteiger partial charge on any atom is -0.340 e. The van der Waals surface area contributed by atoms with E-state index in [1.807, 2.05) is 103 Å². The van der Waals surface area contributed by atoms with Gasteiger partial charge in [0.25, 0.3) is 0 Å². The highest BCUT2D eigenvalue weighted by Gasteiger charge is 2.34. The number of alkyl halides is 3. The Morgan fingerprint density at radius 1 is 0.400 bits per heavy atom. The third kappa shape index (κ3) is 4.99. The van der Waals surface area contributed by atoms with Gasteiger partial charge in [0.15, 0.2) is 0 Å². The number of halogens is 3. The molecule has 288 valence electrons. The SMILES string of the molecule is FC(F)(F)/C(=C\n1c2ccccc2c2ccc3c(c4ccccc4n3-c3ccccc3)c21)CCn1c2ccccc2c2ccc3c(c4ccccc4n3-c3ccccc3)c21. The molecule has 4 heterocycles. The van der Waals surface area contributed by atoms with Crippen molar-refractivity contribution in [1.82, 2.24) is 18.3 Å². The van der Waals surface area contributed by atoms with Gasteiger partial charge >= 0.3 is 6.18 Å². The molecule has 0 N–H and O–H groups in total. The van der Waals surface area contributed by atoms with Gasteiger partial charge in [0, 0.05) is 72.7 Å². The lowest BCUT2D eigenvalue weighted by Gasteiger charge is -2.16. The fraction of sp³-hybridized carbons (Fsp3) is 0.0566. The summed E-state index contributed by atoms with van der Waals surface area (Å²) in [4.78, 5) is 0. The molecule has 0 aliphatic heterocycles. The summed E-state index contributed by atoms with van der Waals surface area (Å²) >= 11 is 0. The predicted octanol–water partition coefficient (Wildman–Crippen LogP) is 14.6. The van der Waals surface area contributed by atoms with E-state index in [2.05, 4.69) is 92.6 Å². The summed E-state index contributed by atoms with van der Waals surface area (Å²) < 4.78 is 55.5. The Bertz CT molecular complexity index is 3690. The molecular formula is C53H35F3N4. The van der Waals surface area contributed by atoms with Gasteiger partial charge in [-0.3, -0.25) is 0 Å². The molecule has 4 aromatic heterocycles. The number of allylic oxidation sites excluding steroid dienone is 1. The van der Waals surface area contributed by atoms with Crippen molar-refractivity contribution >= 4 is 93.4 Å². The quantitative estimate of drug-likeness (QED) is 0.160. The van der Waals surface area contributed by atoms with Gasteiger partial charge in [-0.2, -0.15) is 13.2 Å². The molecule has 12 rings (SSSR count). The first-order valence-corrected chi connectivity index (χ1v) is 20.2. The van der Waals surface area contributed by atoms with Crippen LogP contribution < -0.4 is 0 Å². The summed E-state index contributed by atoms with van der Waals surface area (Å²) in [5.41, 5.74) is 8.74. The largest absolute Gasteiger partial charge is 0.414 e. The minimum absolute atomic E-state index is 0.124. The molecule has 0 aliphatic rings. The molecule has 8 aromatic carbocycles. The third-order valence-electron chi connectivity index (χ3n) is 12.4. The maximum absolute atomic E-state index is 15.7. The summed E-state index contributed by atoms with van der Waals surface area (Å²) in [6.07, 6.45) is -3.47. The number of nitrogens with zero attached hydrogens (tertiary/aromatic N) is 4. The number of hydrogen-bond donors (Lipinski definition) is 0. The van der Waals surface area contributed by atoms with Gasteiger partial charge in [0.1, 0.15) is 0 Å². The van der Waals surface area contributed by atoms with Crippen LogP contribution in [0.3, 0.4) is 0 Å². The second-order valence-corrected chi connectivity index (χ2v) is 15.5. The number of rotatable bonds is 6. The zero-order chi connectivity index (χ0) is 40.1. The van der Waals surface area contributed by atoms with Gasteiger partial charge in [-0.1, -0.05) is 121 Å². The van der Waals surface area contributed by atoms with Gasteiger partial charge in [-0.05, 0) is 67.1 Å². The van der Waals surface area contributed by atoms with Crippen LogP contribution in [0.1, 0.15) is 6.42 Å². The average Bonchev–Trinajstić information content (AvgIpc) is 4.00. The lowest BCUT2D eigenvalue weighted by molar-refractivity contribution is -0.0934. The van der Waals surface area contributed by atoms with Crippen molar-refractivity contribution in [3.05, 3.63) is 188 Å². The van der Waals surface area contributed by atoms with Crippen LogP contribution in [-0.2, 0) is 6.54 Å². The molecule has 60 heavy (non-hydrogen) atoms. The van der Waals surface area contributed by atoms with Gasteiger partial charge in [-0.15, -0.1) is 0 Å². The van der Waals surface area contributed by atoms with Crippen LogP contribution in [-0.4, -0.2) is 24.4 Å². The van der Waals surface area contributed by atoms with E-state index in [-0.39, 0.29) is 13.0 Å². The summed E-state index contributed by atoms with van der Waals surface area (Å²) in [6.45, 7) is 0.124. The Kier molecular flexibility index (Phi) is 7.48. The van der Waals surface area contributed by atoms with Crippen molar-refractivity contribution in [2.75, 3.05) is 0 Å². The third-order valence-corrected chi connectivity index (χ3v) is 12.4. The van der Waals surface area contributed by atoms with Crippen molar-refractivity contribution in [2.45, 2.75) is 19.1 Å². The zero-order valence-corrected chi connectivity index (χ0v) is 32.2. The number of aryl methyl sites for hydroxylation is 1. The molecule has 0 atom stereocenters. The molecule has 0 unspecified atom stereocenters. The molecule has 4 nitrogen and oxygen atoms in total. The Morgan fingerprint density at radius 2 is 0.833 bits per heavy atom. The van der Waals surface area contributed by atoms with Gasteiger partial charge in [-0.25, -0.2) is 0 Å². The summed E-state index contributed by atoms with van der Waals surface area (Å²) in [5.74, 6) is 0. The van der Waals surface area contributed by atoms with E-state index in [1.54, 1.807) is 4.57 Å².